The van der Waals surface area contributed by atoms with Crippen molar-refractivity contribution < 1.29 is 0 Å². The Morgan fingerprint density at radius 2 is 1.96 bits per heavy atom. The van der Waals surface area contributed by atoms with E-state index in [0.29, 0.717) is 5.96 Å². The Balaban J connectivity index is 1.79. The predicted octanol–water partition coefficient (Wildman–Crippen LogP) is 3.41. The number of benzene rings is 1. The van der Waals surface area contributed by atoms with Crippen molar-refractivity contribution in [3.05, 3.63) is 29.3 Å². The van der Waals surface area contributed by atoms with Crippen LogP contribution < -0.4 is 11.1 Å². The van der Waals surface area contributed by atoms with Gasteiger partial charge in [0.25, 0.3) is 0 Å². The van der Waals surface area contributed by atoms with Crippen molar-refractivity contribution in [3.8, 4) is 0 Å². The van der Waals surface area contributed by atoms with Crippen molar-refractivity contribution in [3.63, 3.8) is 0 Å². The standard InChI is InChI=1S/C19H32N4/c1-3-23(4-2)15-8-7-14-21-19(20)22-18-13-9-11-16-10-5-6-12-17(16)18/h9,11,13H,3-8,10,12,14-15H2,1-2H3,(H3,20,21,22). The van der Waals surface area contributed by atoms with Crippen molar-refractivity contribution in [2.24, 2.45) is 10.7 Å². The lowest BCUT2D eigenvalue weighted by Gasteiger charge is -2.20. The van der Waals surface area contributed by atoms with Gasteiger partial charge in [-0.15, -0.1) is 0 Å². The van der Waals surface area contributed by atoms with Crippen LogP contribution in [0.5, 0.6) is 0 Å². The highest BCUT2D eigenvalue weighted by Gasteiger charge is 2.12. The molecule has 0 amide bonds. The van der Waals surface area contributed by atoms with Crippen LogP contribution in [0.1, 0.15) is 50.7 Å². The van der Waals surface area contributed by atoms with Gasteiger partial charge in [0.15, 0.2) is 5.96 Å². The number of hydrogen-bond donors (Lipinski definition) is 2. The molecular weight excluding hydrogens is 284 g/mol. The summed E-state index contributed by atoms with van der Waals surface area (Å²) >= 11 is 0. The molecule has 0 fully saturated rings. The first-order valence-corrected chi connectivity index (χ1v) is 9.14. The summed E-state index contributed by atoms with van der Waals surface area (Å²) in [6.07, 6.45) is 7.18. The normalized spacial score (nSPS) is 14.8. The molecule has 1 aliphatic rings. The minimum Gasteiger partial charge on any atom is -0.370 e. The molecule has 2 rings (SSSR count). The summed E-state index contributed by atoms with van der Waals surface area (Å²) in [5.41, 5.74) is 10.1. The van der Waals surface area contributed by atoms with E-state index in [2.05, 4.69) is 47.3 Å². The topological polar surface area (TPSA) is 53.6 Å². The largest absolute Gasteiger partial charge is 0.370 e. The van der Waals surface area contributed by atoms with Crippen LogP contribution in [0.15, 0.2) is 23.2 Å². The third-order valence-electron chi connectivity index (χ3n) is 4.72. The first-order chi connectivity index (χ1) is 11.2. The zero-order valence-corrected chi connectivity index (χ0v) is 14.8. The van der Waals surface area contributed by atoms with Gasteiger partial charge in [-0.1, -0.05) is 26.0 Å². The van der Waals surface area contributed by atoms with E-state index in [4.69, 9.17) is 5.73 Å². The number of unbranched alkanes of at least 4 members (excludes halogenated alkanes) is 1. The molecule has 1 aromatic rings. The van der Waals surface area contributed by atoms with Crippen LogP contribution >= 0.6 is 0 Å². The van der Waals surface area contributed by atoms with Gasteiger partial charge in [-0.25, -0.2) is 0 Å². The molecule has 0 atom stereocenters. The minimum atomic E-state index is 0.548. The zero-order chi connectivity index (χ0) is 16.5. The molecule has 4 nitrogen and oxygen atoms in total. The van der Waals surface area contributed by atoms with Gasteiger partial charge in [0.1, 0.15) is 0 Å². The molecule has 0 heterocycles. The van der Waals surface area contributed by atoms with E-state index in [9.17, 15) is 0 Å². The van der Waals surface area contributed by atoms with E-state index in [1.807, 2.05) is 0 Å². The Morgan fingerprint density at radius 3 is 2.74 bits per heavy atom. The second-order valence-corrected chi connectivity index (χ2v) is 6.28. The predicted molar refractivity (Wildman–Crippen MR) is 100 cm³/mol. The van der Waals surface area contributed by atoms with Crippen LogP contribution in [0.2, 0.25) is 0 Å². The lowest BCUT2D eigenvalue weighted by atomic mass is 9.90. The van der Waals surface area contributed by atoms with Gasteiger partial charge in [0, 0.05) is 12.2 Å². The SMILES string of the molecule is CCN(CC)CCCCN=C(N)Nc1cccc2c1CCCC2. The maximum atomic E-state index is 6.06. The van der Waals surface area contributed by atoms with Crippen LogP contribution in [0.25, 0.3) is 0 Å². The van der Waals surface area contributed by atoms with Crippen LogP contribution in [-0.2, 0) is 12.8 Å². The molecule has 0 unspecified atom stereocenters. The van der Waals surface area contributed by atoms with Gasteiger partial charge >= 0.3 is 0 Å². The number of anilines is 1. The van der Waals surface area contributed by atoms with Crippen molar-refractivity contribution in [2.45, 2.75) is 52.4 Å². The van der Waals surface area contributed by atoms with Gasteiger partial charge < -0.3 is 16.0 Å². The Bertz CT molecular complexity index is 506. The molecule has 4 heteroatoms. The van der Waals surface area contributed by atoms with Crippen LogP contribution in [0.4, 0.5) is 5.69 Å². The van der Waals surface area contributed by atoms with E-state index >= 15 is 0 Å². The molecule has 0 saturated heterocycles. The Hall–Kier alpha value is -1.55. The van der Waals surface area contributed by atoms with Gasteiger partial charge in [0.05, 0.1) is 0 Å². The zero-order valence-electron chi connectivity index (χ0n) is 14.8. The second-order valence-electron chi connectivity index (χ2n) is 6.28. The first kappa shape index (κ1) is 17.8. The lowest BCUT2D eigenvalue weighted by molar-refractivity contribution is 0.298. The third-order valence-corrected chi connectivity index (χ3v) is 4.72. The highest BCUT2D eigenvalue weighted by Crippen LogP contribution is 2.27. The Morgan fingerprint density at radius 1 is 1.17 bits per heavy atom. The summed E-state index contributed by atoms with van der Waals surface area (Å²) in [5.74, 6) is 0.548. The monoisotopic (exact) mass is 316 g/mol. The molecule has 3 N–H and O–H groups in total. The number of fused-ring (bicyclic) bond motifs is 1. The van der Waals surface area contributed by atoms with Crippen molar-refractivity contribution in [1.82, 2.24) is 4.90 Å². The summed E-state index contributed by atoms with van der Waals surface area (Å²) in [4.78, 5) is 6.93. The van der Waals surface area contributed by atoms with Crippen molar-refractivity contribution in [2.75, 3.05) is 31.5 Å². The van der Waals surface area contributed by atoms with Gasteiger partial charge in [-0.3, -0.25) is 4.99 Å². The Labute approximate surface area is 141 Å². The fourth-order valence-corrected chi connectivity index (χ4v) is 3.26. The van der Waals surface area contributed by atoms with Crippen molar-refractivity contribution >= 4 is 11.6 Å². The molecule has 128 valence electrons. The summed E-state index contributed by atoms with van der Waals surface area (Å²) in [7, 11) is 0. The quantitative estimate of drug-likeness (QED) is 0.439. The average Bonchev–Trinajstić information content (AvgIpc) is 2.58. The molecule has 0 aliphatic heterocycles. The Kier molecular flexibility index (Phi) is 7.40. The molecule has 0 saturated carbocycles. The van der Waals surface area contributed by atoms with E-state index < -0.39 is 0 Å². The molecule has 1 aliphatic carbocycles. The number of hydrogen-bond acceptors (Lipinski definition) is 2. The second kappa shape index (κ2) is 9.56. The van der Waals surface area contributed by atoms with Gasteiger partial charge in [0.2, 0.25) is 0 Å². The first-order valence-electron chi connectivity index (χ1n) is 9.14. The van der Waals surface area contributed by atoms with E-state index in [1.165, 1.54) is 36.8 Å². The van der Waals surface area contributed by atoms with Crippen molar-refractivity contribution in [1.29, 1.82) is 0 Å². The molecule has 1 aromatic carbocycles. The number of guanidine groups is 1. The van der Waals surface area contributed by atoms with Crippen LogP contribution in [-0.4, -0.2) is 37.0 Å². The van der Waals surface area contributed by atoms with Crippen LogP contribution in [0.3, 0.4) is 0 Å². The maximum Gasteiger partial charge on any atom is 0.193 e. The molecule has 23 heavy (non-hydrogen) atoms. The molecule has 0 spiro atoms. The summed E-state index contributed by atoms with van der Waals surface area (Å²) < 4.78 is 0. The van der Waals surface area contributed by atoms with E-state index in [-0.39, 0.29) is 0 Å². The molecule has 0 radical (unpaired) electrons. The lowest BCUT2D eigenvalue weighted by Crippen LogP contribution is -2.25. The summed E-state index contributed by atoms with van der Waals surface area (Å²) in [6.45, 7) is 8.64. The number of nitrogens with two attached hydrogens (primary N) is 1. The number of nitrogens with one attached hydrogen (secondary N) is 1. The minimum absolute atomic E-state index is 0.548. The molecule has 0 bridgehead atoms. The number of aliphatic imine (C=N–C) groups is 1. The highest BCUT2D eigenvalue weighted by molar-refractivity contribution is 5.93. The average molecular weight is 316 g/mol. The highest BCUT2D eigenvalue weighted by atomic mass is 15.1. The molecule has 0 aromatic heterocycles. The summed E-state index contributed by atoms with van der Waals surface area (Å²) in [5, 5.41) is 3.31. The van der Waals surface area contributed by atoms with Crippen LogP contribution in [0, 0.1) is 0 Å². The maximum absolute atomic E-state index is 6.06. The molecular formula is C19H32N4. The van der Waals surface area contributed by atoms with E-state index in [1.54, 1.807) is 0 Å². The smallest absolute Gasteiger partial charge is 0.193 e. The fourth-order valence-electron chi connectivity index (χ4n) is 3.26. The van der Waals surface area contributed by atoms with Gasteiger partial charge in [-0.2, -0.15) is 0 Å². The number of aryl methyl sites for hydroxylation is 1. The third kappa shape index (κ3) is 5.54. The number of rotatable bonds is 8. The van der Waals surface area contributed by atoms with E-state index in [0.717, 1.165) is 44.7 Å². The summed E-state index contributed by atoms with van der Waals surface area (Å²) in [6, 6.07) is 6.47. The fraction of sp³-hybridized carbons (Fsp3) is 0.632. The van der Waals surface area contributed by atoms with Gasteiger partial charge in [-0.05, 0) is 75.4 Å². The number of nitrogens with zero attached hydrogens (tertiary/aromatic N) is 2.